The lowest BCUT2D eigenvalue weighted by atomic mass is 9.94. The Morgan fingerprint density at radius 1 is 1.10 bits per heavy atom. The highest BCUT2D eigenvalue weighted by Gasteiger charge is 2.49. The fraction of sp³-hybridized carbons (Fsp3) is 0.615. The average Bonchev–Trinajstić information content (AvgIpc) is 2.37. The maximum absolute atomic E-state index is 12.1. The summed E-state index contributed by atoms with van der Waals surface area (Å²) >= 11 is 3.20. The van der Waals surface area contributed by atoms with Gasteiger partial charge in [-0.2, -0.15) is 0 Å². The molecule has 0 unspecified atom stereocenters. The Morgan fingerprint density at radius 2 is 1.60 bits per heavy atom. The van der Waals surface area contributed by atoms with Crippen molar-refractivity contribution in [3.8, 4) is 0 Å². The topological polar surface area (TPSA) is 81.7 Å². The van der Waals surface area contributed by atoms with Crippen LogP contribution in [0.25, 0.3) is 0 Å². The van der Waals surface area contributed by atoms with Gasteiger partial charge in [-0.15, -0.1) is 0 Å². The Morgan fingerprint density at radius 3 is 1.95 bits per heavy atom. The van der Waals surface area contributed by atoms with Crippen molar-refractivity contribution in [2.45, 2.75) is 32.7 Å². The molecule has 0 aromatic rings. The molecule has 0 aromatic heterocycles. The molecule has 0 aliphatic carbocycles. The van der Waals surface area contributed by atoms with Gasteiger partial charge in [0.2, 0.25) is 11.4 Å². The molecule has 0 rings (SSSR count). The minimum Gasteiger partial charge on any atom is -0.464 e. The number of ether oxygens (including phenoxy) is 2. The van der Waals surface area contributed by atoms with Gasteiger partial charge in [-0.25, -0.2) is 9.59 Å². The quantitative estimate of drug-likeness (QED) is 0.309. The maximum atomic E-state index is 12.1. The van der Waals surface area contributed by atoms with Crippen LogP contribution in [-0.4, -0.2) is 41.9 Å². The minimum absolute atomic E-state index is 0.0319. The van der Waals surface area contributed by atoms with Crippen molar-refractivity contribution in [3.63, 3.8) is 0 Å². The summed E-state index contributed by atoms with van der Waals surface area (Å²) < 4.78 is 9.81. The molecule has 0 atom stereocenters. The van der Waals surface area contributed by atoms with E-state index in [2.05, 4.69) is 21.2 Å². The number of hydrogen-bond donors (Lipinski definition) is 1. The van der Waals surface area contributed by atoms with E-state index in [0.29, 0.717) is 5.33 Å². The Balaban J connectivity index is 5.48. The van der Waals surface area contributed by atoms with Crippen LogP contribution in [-0.2, 0) is 23.9 Å². The highest BCUT2D eigenvalue weighted by Crippen LogP contribution is 2.17. The number of amides is 1. The lowest BCUT2D eigenvalue weighted by Gasteiger charge is -2.28. The van der Waals surface area contributed by atoms with Crippen molar-refractivity contribution in [1.29, 1.82) is 0 Å². The van der Waals surface area contributed by atoms with E-state index >= 15 is 0 Å². The van der Waals surface area contributed by atoms with Crippen LogP contribution in [0.15, 0.2) is 12.2 Å². The predicted octanol–water partition coefficient (Wildman–Crippen LogP) is 1.33. The number of hydrogen-bond acceptors (Lipinski definition) is 5. The monoisotopic (exact) mass is 349 g/mol. The molecule has 0 aromatic carbocycles. The summed E-state index contributed by atoms with van der Waals surface area (Å²) in [6.07, 6.45) is 3.30. The van der Waals surface area contributed by atoms with Gasteiger partial charge >= 0.3 is 11.9 Å². The molecule has 0 saturated carbocycles. The third-order valence-corrected chi connectivity index (χ3v) is 2.69. The number of carbonyl (C=O) groups is 3. The molecule has 0 radical (unpaired) electrons. The number of halogens is 1. The first-order valence-corrected chi connectivity index (χ1v) is 7.40. The van der Waals surface area contributed by atoms with Gasteiger partial charge in [0, 0.05) is 18.7 Å². The van der Waals surface area contributed by atoms with E-state index < -0.39 is 23.4 Å². The number of nitrogens with one attached hydrogen (secondary N) is 1. The zero-order valence-corrected chi connectivity index (χ0v) is 13.5. The van der Waals surface area contributed by atoms with E-state index in [0.717, 1.165) is 0 Å². The molecule has 1 amide bonds. The molecular formula is C13H20BrNO5. The Kier molecular flexibility index (Phi) is 8.87. The lowest BCUT2D eigenvalue weighted by Crippen LogP contribution is -2.60. The molecule has 0 fully saturated rings. The van der Waals surface area contributed by atoms with Crippen molar-refractivity contribution >= 4 is 33.8 Å². The van der Waals surface area contributed by atoms with E-state index in [1.807, 2.05) is 0 Å². The summed E-state index contributed by atoms with van der Waals surface area (Å²) in [5.41, 5.74) is -1.84. The van der Waals surface area contributed by atoms with Crippen molar-refractivity contribution in [1.82, 2.24) is 5.32 Å². The van der Waals surface area contributed by atoms with E-state index in [-0.39, 0.29) is 19.6 Å². The van der Waals surface area contributed by atoms with E-state index in [9.17, 15) is 14.4 Å². The number of allylic oxidation sites excluding steroid dienone is 1. The molecule has 0 bridgehead atoms. The van der Waals surface area contributed by atoms with Crippen LogP contribution in [0, 0.1) is 0 Å². The van der Waals surface area contributed by atoms with E-state index in [1.165, 1.54) is 6.92 Å². The highest BCUT2D eigenvalue weighted by atomic mass is 79.9. The Hall–Kier alpha value is -1.37. The molecule has 6 nitrogen and oxygen atoms in total. The Bertz CT molecular complexity index is 363. The molecule has 0 spiro atoms. The van der Waals surface area contributed by atoms with Crippen LogP contribution in [0.5, 0.6) is 0 Å². The van der Waals surface area contributed by atoms with E-state index in [1.54, 1.807) is 26.0 Å². The maximum Gasteiger partial charge on any atom is 0.344 e. The third kappa shape index (κ3) is 5.32. The van der Waals surface area contributed by atoms with Gasteiger partial charge in [0.1, 0.15) is 0 Å². The number of esters is 2. The first-order valence-electron chi connectivity index (χ1n) is 6.28. The van der Waals surface area contributed by atoms with Crippen LogP contribution in [0.4, 0.5) is 0 Å². The summed E-state index contributed by atoms with van der Waals surface area (Å²) in [5, 5.41) is 2.93. The largest absolute Gasteiger partial charge is 0.464 e. The SMILES string of the molecule is CCOC(=O)C(C/C=C/CBr)(NC(C)=O)C(=O)OCC. The van der Waals surface area contributed by atoms with Crippen LogP contribution in [0.1, 0.15) is 27.2 Å². The second-order valence-corrected chi connectivity index (χ2v) is 4.50. The zero-order valence-electron chi connectivity index (χ0n) is 11.9. The summed E-state index contributed by atoms with van der Waals surface area (Å²) in [7, 11) is 0. The molecule has 114 valence electrons. The standard InChI is InChI=1S/C13H20BrNO5/c1-4-19-11(17)13(15-10(3)16,8-6-7-9-14)12(18)20-5-2/h6-7H,4-5,8-9H2,1-3H3,(H,15,16)/b7-6+. The highest BCUT2D eigenvalue weighted by molar-refractivity contribution is 9.09. The minimum atomic E-state index is -1.84. The van der Waals surface area contributed by atoms with Gasteiger partial charge in [0.25, 0.3) is 0 Å². The molecule has 20 heavy (non-hydrogen) atoms. The molecule has 0 aliphatic rings. The zero-order chi connectivity index (χ0) is 15.6. The van der Waals surface area contributed by atoms with Crippen LogP contribution >= 0.6 is 15.9 Å². The van der Waals surface area contributed by atoms with Gasteiger partial charge in [-0.05, 0) is 13.8 Å². The predicted molar refractivity (Wildman–Crippen MR) is 77.4 cm³/mol. The van der Waals surface area contributed by atoms with Gasteiger partial charge in [0.05, 0.1) is 13.2 Å². The van der Waals surface area contributed by atoms with Crippen molar-refractivity contribution in [3.05, 3.63) is 12.2 Å². The first kappa shape index (κ1) is 18.6. The fourth-order valence-corrected chi connectivity index (χ4v) is 1.80. The van der Waals surface area contributed by atoms with Crippen LogP contribution < -0.4 is 5.32 Å². The average molecular weight is 350 g/mol. The second kappa shape index (κ2) is 9.52. The van der Waals surface area contributed by atoms with Crippen molar-refractivity contribution < 1.29 is 23.9 Å². The summed E-state index contributed by atoms with van der Waals surface area (Å²) in [5.74, 6) is -2.17. The van der Waals surface area contributed by atoms with Crippen LogP contribution in [0.3, 0.4) is 0 Å². The van der Waals surface area contributed by atoms with Gasteiger partial charge in [-0.1, -0.05) is 28.1 Å². The summed E-state index contributed by atoms with van der Waals surface area (Å²) in [6, 6.07) is 0. The Labute approximate surface area is 127 Å². The molecule has 7 heteroatoms. The van der Waals surface area contributed by atoms with E-state index in [4.69, 9.17) is 9.47 Å². The van der Waals surface area contributed by atoms with Gasteiger partial charge in [-0.3, -0.25) is 4.79 Å². The van der Waals surface area contributed by atoms with Crippen molar-refractivity contribution in [2.24, 2.45) is 0 Å². The van der Waals surface area contributed by atoms with Crippen LogP contribution in [0.2, 0.25) is 0 Å². The number of carbonyl (C=O) groups excluding carboxylic acids is 3. The fourth-order valence-electron chi connectivity index (χ4n) is 1.54. The third-order valence-electron chi connectivity index (χ3n) is 2.32. The number of rotatable bonds is 8. The molecule has 1 N–H and O–H groups in total. The second-order valence-electron chi connectivity index (χ2n) is 3.86. The van der Waals surface area contributed by atoms with Gasteiger partial charge < -0.3 is 14.8 Å². The molecule has 0 aliphatic heterocycles. The molecule has 0 heterocycles. The molecular weight excluding hydrogens is 330 g/mol. The smallest absolute Gasteiger partial charge is 0.344 e. The summed E-state index contributed by atoms with van der Waals surface area (Å²) in [6.45, 7) is 4.66. The first-order chi connectivity index (χ1) is 9.44. The number of alkyl halides is 1. The molecule has 0 saturated heterocycles. The van der Waals surface area contributed by atoms with Gasteiger partial charge in [0.15, 0.2) is 0 Å². The lowest BCUT2D eigenvalue weighted by molar-refractivity contribution is -0.167. The van der Waals surface area contributed by atoms with Crippen molar-refractivity contribution in [2.75, 3.05) is 18.5 Å². The normalized spacial score (nSPS) is 11.2. The summed E-state index contributed by atoms with van der Waals surface area (Å²) in [4.78, 5) is 35.6.